The number of anilines is 1. The number of carbonyl (C=O) groups excluding carboxylic acids is 1. The number of fused-ring (bicyclic) bond motifs is 4. The number of hydrogen-bond donors (Lipinski definition) is 2. The van der Waals surface area contributed by atoms with E-state index in [4.69, 9.17) is 9.72 Å². The minimum atomic E-state index is -0.714. The van der Waals surface area contributed by atoms with Crippen molar-refractivity contribution in [2.75, 3.05) is 12.0 Å². The normalized spacial score (nSPS) is 21.8. The number of imidazole rings is 1. The number of aliphatic carboxylic acids is 1. The van der Waals surface area contributed by atoms with Gasteiger partial charge in [-0.1, -0.05) is 12.5 Å². The summed E-state index contributed by atoms with van der Waals surface area (Å²) in [4.78, 5) is 34.7. The molecule has 3 atom stereocenters. The number of carboxylic acid groups (broad SMARTS) is 1. The van der Waals surface area contributed by atoms with Gasteiger partial charge < -0.3 is 19.4 Å². The molecule has 2 N–H and O–H groups in total. The summed E-state index contributed by atoms with van der Waals surface area (Å²) >= 11 is 0. The van der Waals surface area contributed by atoms with Crippen molar-refractivity contribution in [3.63, 3.8) is 0 Å². The quantitative estimate of drug-likeness (QED) is 0.367. The Hall–Kier alpha value is -3.81. The van der Waals surface area contributed by atoms with Crippen LogP contribution in [0.1, 0.15) is 62.0 Å². The van der Waals surface area contributed by atoms with Gasteiger partial charge >= 0.3 is 12.1 Å². The number of carbonyl (C=O) groups is 2. The Balaban J connectivity index is 1.49. The van der Waals surface area contributed by atoms with Crippen LogP contribution in [0.4, 0.5) is 10.5 Å². The molecule has 1 fully saturated rings. The molecule has 4 aromatic rings. The predicted molar refractivity (Wildman–Crippen MR) is 142 cm³/mol. The van der Waals surface area contributed by atoms with Crippen LogP contribution in [0, 0.1) is 5.92 Å². The molecule has 8 heteroatoms. The number of aryl methyl sites for hydroxylation is 1. The largest absolute Gasteiger partial charge is 0.481 e. The molecule has 1 amide bonds. The van der Waals surface area contributed by atoms with E-state index in [1.54, 1.807) is 4.90 Å². The zero-order valence-electron chi connectivity index (χ0n) is 21.2. The van der Waals surface area contributed by atoms with E-state index in [9.17, 15) is 14.7 Å². The van der Waals surface area contributed by atoms with Crippen LogP contribution in [-0.4, -0.2) is 44.9 Å². The summed E-state index contributed by atoms with van der Waals surface area (Å²) in [5.41, 5.74) is 6.11. The van der Waals surface area contributed by atoms with E-state index in [0.29, 0.717) is 12.8 Å². The molecule has 0 saturated heterocycles. The van der Waals surface area contributed by atoms with E-state index < -0.39 is 5.97 Å². The number of nitrogens with one attached hydrogen (secondary N) is 1. The number of nitrogens with zero attached hydrogens (tertiary/aromatic N) is 3. The van der Waals surface area contributed by atoms with Gasteiger partial charge in [0, 0.05) is 35.8 Å². The second-order valence-corrected chi connectivity index (χ2v) is 10.5. The summed E-state index contributed by atoms with van der Waals surface area (Å²) < 4.78 is 7.40. The van der Waals surface area contributed by atoms with E-state index in [2.05, 4.69) is 39.9 Å². The third-order valence-corrected chi connectivity index (χ3v) is 8.24. The van der Waals surface area contributed by atoms with Gasteiger partial charge in [0.15, 0.2) is 0 Å². The summed E-state index contributed by atoms with van der Waals surface area (Å²) in [6.45, 7) is 2.04. The van der Waals surface area contributed by atoms with Gasteiger partial charge in [-0.15, -0.1) is 0 Å². The molecule has 0 radical (unpaired) electrons. The molecule has 37 heavy (non-hydrogen) atoms. The standard InChI is InChI=1S/C29H32N4O4/c1-17-6-8-22-24(32(17)29(36)37-2)10-11-25-27(22)31-26(15-18-7-9-23-19(14-18)12-13-30-23)33(25)21-5-3-4-20(16-21)28(34)35/h7,9-14,17,20-21,30H,3-6,8,15-16H2,1-2H3,(H,34,35)/t17?,20-,21-/m1/s1. The first-order valence-corrected chi connectivity index (χ1v) is 13.1. The van der Waals surface area contributed by atoms with Crippen LogP contribution in [0.2, 0.25) is 0 Å². The molecule has 2 aromatic carbocycles. The average molecular weight is 501 g/mol. The van der Waals surface area contributed by atoms with Crippen LogP contribution < -0.4 is 4.90 Å². The van der Waals surface area contributed by atoms with Crippen LogP contribution >= 0.6 is 0 Å². The lowest BCUT2D eigenvalue weighted by molar-refractivity contribution is -0.143. The van der Waals surface area contributed by atoms with Crippen molar-refractivity contribution in [3.8, 4) is 0 Å². The maximum Gasteiger partial charge on any atom is 0.414 e. The van der Waals surface area contributed by atoms with Crippen LogP contribution in [0.3, 0.4) is 0 Å². The third kappa shape index (κ3) is 4.04. The summed E-state index contributed by atoms with van der Waals surface area (Å²) in [5.74, 6) is -0.111. The van der Waals surface area contributed by atoms with Gasteiger partial charge in [0.05, 0.1) is 29.7 Å². The van der Waals surface area contributed by atoms with Crippen molar-refractivity contribution in [2.24, 2.45) is 5.92 Å². The minimum absolute atomic E-state index is 0.0432. The number of benzene rings is 2. The van der Waals surface area contributed by atoms with Crippen LogP contribution in [-0.2, 0) is 22.4 Å². The number of methoxy groups -OCH3 is 1. The zero-order valence-corrected chi connectivity index (χ0v) is 21.2. The van der Waals surface area contributed by atoms with E-state index in [0.717, 1.165) is 76.7 Å². The summed E-state index contributed by atoms with van der Waals surface area (Å²) in [6.07, 6.45) is 7.04. The van der Waals surface area contributed by atoms with Gasteiger partial charge in [-0.25, -0.2) is 9.78 Å². The summed E-state index contributed by atoms with van der Waals surface area (Å²) in [5, 5.41) is 10.9. The lowest BCUT2D eigenvalue weighted by atomic mass is 9.85. The van der Waals surface area contributed by atoms with E-state index >= 15 is 0 Å². The lowest BCUT2D eigenvalue weighted by Gasteiger charge is -2.34. The number of H-pyrrole nitrogens is 1. The molecular weight excluding hydrogens is 468 g/mol. The maximum atomic E-state index is 12.6. The number of ether oxygens (including phenoxy) is 1. The number of rotatable bonds is 4. The smallest absolute Gasteiger partial charge is 0.414 e. The number of carboxylic acids is 1. The highest BCUT2D eigenvalue weighted by Gasteiger charge is 2.34. The van der Waals surface area contributed by atoms with Crippen LogP contribution in [0.25, 0.3) is 21.9 Å². The van der Waals surface area contributed by atoms with Crippen molar-refractivity contribution >= 4 is 39.7 Å². The molecule has 1 aliphatic heterocycles. The zero-order chi connectivity index (χ0) is 25.7. The third-order valence-electron chi connectivity index (χ3n) is 8.24. The fourth-order valence-corrected chi connectivity index (χ4v) is 6.37. The van der Waals surface area contributed by atoms with Gasteiger partial charge in [-0.2, -0.15) is 0 Å². The molecule has 2 aromatic heterocycles. The van der Waals surface area contributed by atoms with Crippen molar-refractivity contribution in [2.45, 2.75) is 64.0 Å². The number of amides is 1. The Kier molecular flexibility index (Phi) is 5.89. The minimum Gasteiger partial charge on any atom is -0.481 e. The number of hydrogen-bond acceptors (Lipinski definition) is 4. The molecule has 8 nitrogen and oxygen atoms in total. The first-order valence-electron chi connectivity index (χ1n) is 13.1. The van der Waals surface area contributed by atoms with Gasteiger partial charge in [0.1, 0.15) is 5.82 Å². The van der Waals surface area contributed by atoms with E-state index in [1.165, 1.54) is 7.11 Å². The highest BCUT2D eigenvalue weighted by Crippen LogP contribution is 2.41. The molecular formula is C29H32N4O4. The van der Waals surface area contributed by atoms with Crippen LogP contribution in [0.5, 0.6) is 0 Å². The molecule has 6 rings (SSSR count). The molecule has 1 aliphatic carbocycles. The van der Waals surface area contributed by atoms with Crippen molar-refractivity contribution in [1.29, 1.82) is 0 Å². The summed E-state index contributed by atoms with van der Waals surface area (Å²) in [6, 6.07) is 12.7. The van der Waals surface area contributed by atoms with E-state index in [1.807, 2.05) is 19.2 Å². The molecule has 192 valence electrons. The van der Waals surface area contributed by atoms with Crippen molar-refractivity contribution < 1.29 is 19.4 Å². The Morgan fingerprint density at radius 3 is 2.84 bits per heavy atom. The first kappa shape index (κ1) is 23.6. The Labute approximate surface area is 215 Å². The first-order chi connectivity index (χ1) is 17.9. The molecule has 3 heterocycles. The predicted octanol–water partition coefficient (Wildman–Crippen LogP) is 5.83. The summed E-state index contributed by atoms with van der Waals surface area (Å²) in [7, 11) is 1.41. The van der Waals surface area contributed by atoms with Crippen molar-refractivity contribution in [3.05, 3.63) is 59.5 Å². The highest BCUT2D eigenvalue weighted by atomic mass is 16.5. The van der Waals surface area contributed by atoms with Gasteiger partial charge in [-0.3, -0.25) is 9.69 Å². The van der Waals surface area contributed by atoms with Crippen molar-refractivity contribution in [1.82, 2.24) is 14.5 Å². The molecule has 2 aliphatic rings. The maximum absolute atomic E-state index is 12.6. The van der Waals surface area contributed by atoms with Gasteiger partial charge in [0.2, 0.25) is 0 Å². The fraction of sp³-hybridized carbons (Fsp3) is 0.414. The van der Waals surface area contributed by atoms with Crippen LogP contribution in [0.15, 0.2) is 42.6 Å². The lowest BCUT2D eigenvalue weighted by Crippen LogP contribution is -2.42. The topological polar surface area (TPSA) is 100 Å². The average Bonchev–Trinajstić information content (AvgIpc) is 3.52. The fourth-order valence-electron chi connectivity index (χ4n) is 6.37. The second-order valence-electron chi connectivity index (χ2n) is 10.5. The number of aromatic amines is 1. The van der Waals surface area contributed by atoms with Gasteiger partial charge in [-0.05, 0) is 80.3 Å². The monoisotopic (exact) mass is 500 g/mol. The van der Waals surface area contributed by atoms with Gasteiger partial charge in [0.25, 0.3) is 0 Å². The Morgan fingerprint density at radius 1 is 1.16 bits per heavy atom. The molecule has 1 unspecified atom stereocenters. The molecule has 0 spiro atoms. The number of aromatic nitrogens is 3. The SMILES string of the molecule is COC(=O)N1c2ccc3c(nc(Cc4ccc5[nH]ccc5c4)n3[C@@H]3CCC[C@@H](C(=O)O)C3)c2CCC1C. The molecule has 0 bridgehead atoms. The second kappa shape index (κ2) is 9.25. The Bertz CT molecular complexity index is 1500. The molecule has 1 saturated carbocycles. The van der Waals surface area contributed by atoms with E-state index in [-0.39, 0.29) is 24.1 Å². The Morgan fingerprint density at radius 2 is 2.03 bits per heavy atom. The highest BCUT2D eigenvalue weighted by molar-refractivity contribution is 5.95.